The average molecular weight is 280 g/mol. The Balaban J connectivity index is 1.98. The van der Waals surface area contributed by atoms with E-state index < -0.39 is 6.10 Å². The number of methoxy groups -OCH3 is 1. The number of hydrogen-bond donors (Lipinski definition) is 0. The third-order valence-corrected chi connectivity index (χ3v) is 3.49. The van der Waals surface area contributed by atoms with Gasteiger partial charge in [-0.3, -0.25) is 4.79 Å². The van der Waals surface area contributed by atoms with E-state index in [9.17, 15) is 4.79 Å². The highest BCUT2D eigenvalue weighted by molar-refractivity contribution is 6.01. The fourth-order valence-corrected chi connectivity index (χ4v) is 2.44. The molecule has 0 amide bonds. The molecule has 2 aromatic carbocycles. The van der Waals surface area contributed by atoms with Crippen molar-refractivity contribution in [3.05, 3.63) is 71.5 Å². The number of hydrogen-bond acceptors (Lipinski definition) is 3. The van der Waals surface area contributed by atoms with Crippen LogP contribution in [0.5, 0.6) is 0 Å². The van der Waals surface area contributed by atoms with Crippen molar-refractivity contribution in [3.63, 3.8) is 0 Å². The van der Waals surface area contributed by atoms with Gasteiger partial charge in [0.1, 0.15) is 11.7 Å². The number of Topliss-reactive ketones (excluding diaryl/α,β-unsaturated/α-hetero) is 1. The predicted molar refractivity (Wildman–Crippen MR) is 81.5 cm³/mol. The van der Waals surface area contributed by atoms with Gasteiger partial charge in [0.25, 0.3) is 0 Å². The molecule has 0 saturated carbocycles. The first-order valence-corrected chi connectivity index (χ1v) is 6.81. The maximum atomic E-state index is 12.6. The lowest BCUT2D eigenvalue weighted by Crippen LogP contribution is -2.14. The van der Waals surface area contributed by atoms with Gasteiger partial charge in [0.2, 0.25) is 5.78 Å². The van der Waals surface area contributed by atoms with Crippen LogP contribution in [0.4, 0.5) is 0 Å². The molecule has 0 aliphatic carbocycles. The third-order valence-electron chi connectivity index (χ3n) is 3.49. The molecule has 1 aromatic heterocycles. The summed E-state index contributed by atoms with van der Waals surface area (Å²) < 4.78 is 11.0. The van der Waals surface area contributed by atoms with Crippen molar-refractivity contribution in [2.75, 3.05) is 7.11 Å². The number of rotatable bonds is 4. The van der Waals surface area contributed by atoms with Gasteiger partial charge in [-0.15, -0.1) is 0 Å². The number of benzene rings is 2. The summed E-state index contributed by atoms with van der Waals surface area (Å²) >= 11 is 0. The third kappa shape index (κ3) is 2.60. The first kappa shape index (κ1) is 13.6. The smallest absolute Gasteiger partial charge is 0.231 e. The van der Waals surface area contributed by atoms with E-state index in [1.54, 1.807) is 6.07 Å². The Morgan fingerprint density at radius 1 is 1.10 bits per heavy atom. The Morgan fingerprint density at radius 3 is 2.57 bits per heavy atom. The van der Waals surface area contributed by atoms with Gasteiger partial charge in [-0.05, 0) is 30.7 Å². The van der Waals surface area contributed by atoms with E-state index in [0.717, 1.165) is 16.5 Å². The molecule has 0 bridgehead atoms. The molecule has 3 aromatic rings. The molecule has 106 valence electrons. The Kier molecular flexibility index (Phi) is 3.59. The molecule has 0 N–H and O–H groups in total. The Hall–Kier alpha value is -2.39. The van der Waals surface area contributed by atoms with Crippen LogP contribution in [-0.2, 0) is 4.74 Å². The second-order valence-corrected chi connectivity index (χ2v) is 5.04. The molecular weight excluding hydrogens is 264 g/mol. The zero-order valence-corrected chi connectivity index (χ0v) is 12.0. The lowest BCUT2D eigenvalue weighted by Gasteiger charge is -2.12. The van der Waals surface area contributed by atoms with Crippen LogP contribution in [0.25, 0.3) is 11.0 Å². The van der Waals surface area contributed by atoms with Gasteiger partial charge in [0, 0.05) is 12.5 Å². The second kappa shape index (κ2) is 5.54. The summed E-state index contributed by atoms with van der Waals surface area (Å²) in [6.07, 6.45) is -0.646. The molecule has 1 heterocycles. The SMILES string of the molecule is COC(C(=O)c1cc2cc(C)ccc2o1)c1ccccc1. The van der Waals surface area contributed by atoms with Gasteiger partial charge in [-0.1, -0.05) is 42.0 Å². The zero-order valence-electron chi connectivity index (χ0n) is 12.0. The summed E-state index contributed by atoms with van der Waals surface area (Å²) in [6.45, 7) is 2.01. The summed E-state index contributed by atoms with van der Waals surface area (Å²) in [4.78, 5) is 12.6. The van der Waals surface area contributed by atoms with Crippen molar-refractivity contribution < 1.29 is 13.9 Å². The molecular formula is C18H16O3. The topological polar surface area (TPSA) is 39.4 Å². The molecule has 3 nitrogen and oxygen atoms in total. The highest BCUT2D eigenvalue weighted by atomic mass is 16.5. The lowest BCUT2D eigenvalue weighted by atomic mass is 10.0. The van der Waals surface area contributed by atoms with Crippen molar-refractivity contribution in [1.29, 1.82) is 0 Å². The number of ether oxygens (including phenoxy) is 1. The highest BCUT2D eigenvalue weighted by Crippen LogP contribution is 2.26. The highest BCUT2D eigenvalue weighted by Gasteiger charge is 2.24. The molecule has 3 rings (SSSR count). The maximum absolute atomic E-state index is 12.6. The number of carbonyl (C=O) groups excluding carboxylic acids is 1. The van der Waals surface area contributed by atoms with Crippen LogP contribution in [0, 0.1) is 6.92 Å². The molecule has 0 aliphatic heterocycles. The van der Waals surface area contributed by atoms with Crippen molar-refractivity contribution >= 4 is 16.8 Å². The van der Waals surface area contributed by atoms with Crippen LogP contribution < -0.4 is 0 Å². The standard InChI is InChI=1S/C18H16O3/c1-12-8-9-15-14(10-12)11-16(21-15)17(19)18(20-2)13-6-4-3-5-7-13/h3-11,18H,1-2H3. The fourth-order valence-electron chi connectivity index (χ4n) is 2.44. The number of carbonyl (C=O) groups is 1. The minimum atomic E-state index is -0.646. The summed E-state index contributed by atoms with van der Waals surface area (Å²) in [6, 6.07) is 17.0. The molecule has 0 spiro atoms. The molecule has 3 heteroatoms. The summed E-state index contributed by atoms with van der Waals surface area (Å²) in [5.41, 5.74) is 2.67. The first-order valence-electron chi connectivity index (χ1n) is 6.81. The van der Waals surface area contributed by atoms with Crippen molar-refractivity contribution in [1.82, 2.24) is 0 Å². The molecule has 0 radical (unpaired) electrons. The van der Waals surface area contributed by atoms with Crippen molar-refractivity contribution in [2.24, 2.45) is 0 Å². The van der Waals surface area contributed by atoms with E-state index in [1.807, 2.05) is 55.5 Å². The van der Waals surface area contributed by atoms with Crippen LogP contribution in [0.15, 0.2) is 59.0 Å². The van der Waals surface area contributed by atoms with Gasteiger partial charge in [-0.25, -0.2) is 0 Å². The Bertz CT molecular complexity index is 772. The van der Waals surface area contributed by atoms with Crippen LogP contribution in [0.3, 0.4) is 0 Å². The van der Waals surface area contributed by atoms with Gasteiger partial charge < -0.3 is 9.15 Å². The van der Waals surface area contributed by atoms with Gasteiger partial charge in [0.05, 0.1) is 0 Å². The average Bonchev–Trinajstić information content (AvgIpc) is 2.92. The van der Waals surface area contributed by atoms with E-state index >= 15 is 0 Å². The summed E-state index contributed by atoms with van der Waals surface area (Å²) in [5, 5.41) is 0.932. The van der Waals surface area contributed by atoms with Crippen LogP contribution in [0.1, 0.15) is 27.8 Å². The number of ketones is 1. The molecule has 1 unspecified atom stereocenters. The lowest BCUT2D eigenvalue weighted by molar-refractivity contribution is 0.0578. The van der Waals surface area contributed by atoms with E-state index in [4.69, 9.17) is 9.15 Å². The first-order chi connectivity index (χ1) is 10.2. The summed E-state index contributed by atoms with van der Waals surface area (Å²) in [5.74, 6) is 0.156. The largest absolute Gasteiger partial charge is 0.453 e. The molecule has 1 atom stereocenters. The van der Waals surface area contributed by atoms with Crippen molar-refractivity contribution in [3.8, 4) is 0 Å². The Morgan fingerprint density at radius 2 is 1.86 bits per heavy atom. The van der Waals surface area contributed by atoms with Gasteiger partial charge >= 0.3 is 0 Å². The van der Waals surface area contributed by atoms with Crippen LogP contribution in [-0.4, -0.2) is 12.9 Å². The van der Waals surface area contributed by atoms with E-state index in [-0.39, 0.29) is 5.78 Å². The van der Waals surface area contributed by atoms with E-state index in [1.165, 1.54) is 7.11 Å². The fraction of sp³-hybridized carbons (Fsp3) is 0.167. The number of furan rings is 1. The molecule has 0 fully saturated rings. The van der Waals surface area contributed by atoms with E-state index in [0.29, 0.717) is 11.3 Å². The maximum Gasteiger partial charge on any atom is 0.231 e. The molecule has 21 heavy (non-hydrogen) atoms. The number of aryl methyl sites for hydroxylation is 1. The molecule has 0 aliphatic rings. The zero-order chi connectivity index (χ0) is 14.8. The van der Waals surface area contributed by atoms with Gasteiger partial charge in [0.15, 0.2) is 5.76 Å². The minimum Gasteiger partial charge on any atom is -0.453 e. The minimum absolute atomic E-state index is 0.169. The van der Waals surface area contributed by atoms with Crippen LogP contribution >= 0.6 is 0 Å². The van der Waals surface area contributed by atoms with Crippen molar-refractivity contribution in [2.45, 2.75) is 13.0 Å². The van der Waals surface area contributed by atoms with Gasteiger partial charge in [-0.2, -0.15) is 0 Å². The molecule has 0 saturated heterocycles. The predicted octanol–water partition coefficient (Wildman–Crippen LogP) is 4.31. The normalized spacial score (nSPS) is 12.5. The monoisotopic (exact) mass is 280 g/mol. The van der Waals surface area contributed by atoms with Crippen LogP contribution in [0.2, 0.25) is 0 Å². The number of fused-ring (bicyclic) bond motifs is 1. The summed E-state index contributed by atoms with van der Waals surface area (Å²) in [7, 11) is 1.53. The second-order valence-electron chi connectivity index (χ2n) is 5.04. The quantitative estimate of drug-likeness (QED) is 0.668. The Labute approximate surface area is 123 Å². The van der Waals surface area contributed by atoms with E-state index in [2.05, 4.69) is 0 Å².